The Balaban J connectivity index is 2.10. The smallest absolute Gasteiger partial charge is 0.345 e. The molecule has 1 aromatic heterocycles. The highest BCUT2D eigenvalue weighted by molar-refractivity contribution is 7.14. The van der Waals surface area contributed by atoms with Crippen molar-refractivity contribution in [2.75, 3.05) is 6.54 Å². The van der Waals surface area contributed by atoms with Crippen molar-refractivity contribution in [3.05, 3.63) is 21.4 Å². The van der Waals surface area contributed by atoms with Crippen molar-refractivity contribution in [1.82, 2.24) is 4.90 Å². The normalized spacial score (nSPS) is 19.6. The Kier molecular flexibility index (Phi) is 3.71. The van der Waals surface area contributed by atoms with Crippen molar-refractivity contribution < 1.29 is 14.7 Å². The minimum Gasteiger partial charge on any atom is -0.477 e. The lowest BCUT2D eigenvalue weighted by Gasteiger charge is -2.16. The Hall–Kier alpha value is -1.36. The van der Waals surface area contributed by atoms with Crippen LogP contribution in [-0.2, 0) is 11.3 Å². The molecule has 0 saturated carbocycles. The summed E-state index contributed by atoms with van der Waals surface area (Å²) in [6.45, 7) is 5.35. The van der Waals surface area contributed by atoms with Gasteiger partial charge in [-0.05, 0) is 24.5 Å². The van der Waals surface area contributed by atoms with Gasteiger partial charge in [-0.25, -0.2) is 4.79 Å². The van der Waals surface area contributed by atoms with Crippen molar-refractivity contribution in [1.29, 1.82) is 0 Å². The van der Waals surface area contributed by atoms with Crippen LogP contribution >= 0.6 is 11.3 Å². The maximum absolute atomic E-state index is 11.8. The van der Waals surface area contributed by atoms with Crippen LogP contribution in [0.25, 0.3) is 0 Å². The van der Waals surface area contributed by atoms with Gasteiger partial charge in [-0.15, -0.1) is 11.3 Å². The van der Waals surface area contributed by atoms with E-state index in [0.29, 0.717) is 23.8 Å². The number of hydrogen-bond acceptors (Lipinski definition) is 3. The molecular formula is C13H17NO3S. The van der Waals surface area contributed by atoms with Crippen LogP contribution in [0.2, 0.25) is 0 Å². The Morgan fingerprint density at radius 3 is 2.83 bits per heavy atom. The zero-order chi connectivity index (χ0) is 13.3. The standard InChI is InChI=1S/C13H17NO3S/c1-3-9-4-12(15)14(6-9)7-10-5-11(13(16)17)18-8(10)2/h5,9H,3-4,6-7H2,1-2H3,(H,16,17). The van der Waals surface area contributed by atoms with E-state index in [2.05, 4.69) is 6.92 Å². The molecule has 0 aliphatic carbocycles. The molecular weight excluding hydrogens is 250 g/mol. The number of hydrogen-bond donors (Lipinski definition) is 1. The van der Waals surface area contributed by atoms with E-state index >= 15 is 0 Å². The molecule has 1 aliphatic rings. The number of rotatable bonds is 4. The molecule has 1 saturated heterocycles. The molecule has 2 heterocycles. The topological polar surface area (TPSA) is 57.6 Å². The van der Waals surface area contributed by atoms with Gasteiger partial charge in [0.25, 0.3) is 0 Å². The summed E-state index contributed by atoms with van der Waals surface area (Å²) in [5.41, 5.74) is 0.961. The van der Waals surface area contributed by atoms with Crippen LogP contribution in [0, 0.1) is 12.8 Å². The summed E-state index contributed by atoms with van der Waals surface area (Å²) in [7, 11) is 0. The van der Waals surface area contributed by atoms with E-state index < -0.39 is 5.97 Å². The molecule has 1 atom stereocenters. The molecule has 0 bridgehead atoms. The largest absolute Gasteiger partial charge is 0.477 e. The number of nitrogens with zero attached hydrogens (tertiary/aromatic N) is 1. The van der Waals surface area contributed by atoms with Gasteiger partial charge in [0.05, 0.1) is 0 Å². The van der Waals surface area contributed by atoms with Crippen LogP contribution in [-0.4, -0.2) is 28.4 Å². The number of aromatic carboxylic acids is 1. The Labute approximate surface area is 110 Å². The molecule has 1 aromatic rings. The molecule has 5 heteroatoms. The molecule has 2 rings (SSSR count). The highest BCUT2D eigenvalue weighted by Gasteiger charge is 2.28. The lowest BCUT2D eigenvalue weighted by Crippen LogP contribution is -2.24. The van der Waals surface area contributed by atoms with Gasteiger partial charge in [-0.2, -0.15) is 0 Å². The van der Waals surface area contributed by atoms with E-state index in [1.54, 1.807) is 6.07 Å². The van der Waals surface area contributed by atoms with Gasteiger partial charge in [0.2, 0.25) is 5.91 Å². The van der Waals surface area contributed by atoms with Crippen LogP contribution in [0.5, 0.6) is 0 Å². The molecule has 1 amide bonds. The van der Waals surface area contributed by atoms with E-state index in [4.69, 9.17) is 5.11 Å². The van der Waals surface area contributed by atoms with E-state index in [9.17, 15) is 9.59 Å². The SMILES string of the molecule is CCC1CC(=O)N(Cc2cc(C(=O)O)sc2C)C1. The van der Waals surface area contributed by atoms with Crippen molar-refractivity contribution in [3.8, 4) is 0 Å². The van der Waals surface area contributed by atoms with Crippen molar-refractivity contribution in [2.24, 2.45) is 5.92 Å². The molecule has 0 aromatic carbocycles. The number of likely N-dealkylation sites (tertiary alicyclic amines) is 1. The lowest BCUT2D eigenvalue weighted by molar-refractivity contribution is -0.128. The third-order valence-electron chi connectivity index (χ3n) is 3.46. The predicted octanol–water partition coefficient (Wildman–Crippen LogP) is 2.51. The van der Waals surface area contributed by atoms with Gasteiger partial charge in [0, 0.05) is 24.4 Å². The second kappa shape index (κ2) is 5.10. The number of amides is 1. The second-order valence-corrected chi connectivity index (χ2v) is 6.01. The highest BCUT2D eigenvalue weighted by atomic mass is 32.1. The molecule has 1 unspecified atom stereocenters. The second-order valence-electron chi connectivity index (χ2n) is 4.75. The highest BCUT2D eigenvalue weighted by Crippen LogP contribution is 2.27. The summed E-state index contributed by atoms with van der Waals surface area (Å²) in [6, 6.07) is 1.69. The minimum absolute atomic E-state index is 0.185. The Morgan fingerprint density at radius 1 is 1.61 bits per heavy atom. The van der Waals surface area contributed by atoms with Gasteiger partial charge in [0.1, 0.15) is 4.88 Å². The number of carboxylic acids is 1. The molecule has 0 radical (unpaired) electrons. The zero-order valence-corrected chi connectivity index (χ0v) is 11.4. The van der Waals surface area contributed by atoms with Gasteiger partial charge in [-0.3, -0.25) is 4.79 Å². The molecule has 98 valence electrons. The van der Waals surface area contributed by atoms with Crippen LogP contribution in [0.3, 0.4) is 0 Å². The van der Waals surface area contributed by atoms with Gasteiger partial charge in [0.15, 0.2) is 0 Å². The van der Waals surface area contributed by atoms with Crippen LogP contribution in [0.4, 0.5) is 0 Å². The fraction of sp³-hybridized carbons (Fsp3) is 0.538. The number of carboxylic acid groups (broad SMARTS) is 1. The quantitative estimate of drug-likeness (QED) is 0.912. The summed E-state index contributed by atoms with van der Waals surface area (Å²) in [6.07, 6.45) is 1.65. The molecule has 1 aliphatic heterocycles. The predicted molar refractivity (Wildman–Crippen MR) is 69.8 cm³/mol. The van der Waals surface area contributed by atoms with E-state index in [-0.39, 0.29) is 5.91 Å². The maximum atomic E-state index is 11.8. The fourth-order valence-electron chi connectivity index (χ4n) is 2.27. The van der Waals surface area contributed by atoms with E-state index in [0.717, 1.165) is 23.4 Å². The summed E-state index contributed by atoms with van der Waals surface area (Å²) >= 11 is 1.28. The van der Waals surface area contributed by atoms with Gasteiger partial charge < -0.3 is 10.0 Å². The van der Waals surface area contributed by atoms with E-state index in [1.807, 2.05) is 11.8 Å². The average molecular weight is 267 g/mol. The molecule has 18 heavy (non-hydrogen) atoms. The summed E-state index contributed by atoms with van der Waals surface area (Å²) in [5, 5.41) is 8.95. The first-order chi connectivity index (χ1) is 8.51. The molecule has 1 fully saturated rings. The lowest BCUT2D eigenvalue weighted by atomic mass is 10.1. The molecule has 1 N–H and O–H groups in total. The number of aryl methyl sites for hydroxylation is 1. The maximum Gasteiger partial charge on any atom is 0.345 e. The average Bonchev–Trinajstić information content (AvgIpc) is 2.85. The monoisotopic (exact) mass is 267 g/mol. The van der Waals surface area contributed by atoms with E-state index in [1.165, 1.54) is 11.3 Å². The number of carbonyl (C=O) groups excluding carboxylic acids is 1. The first kappa shape index (κ1) is 13.1. The molecule has 4 nitrogen and oxygen atoms in total. The summed E-state index contributed by atoms with van der Waals surface area (Å²) < 4.78 is 0. The zero-order valence-electron chi connectivity index (χ0n) is 10.6. The molecule has 0 spiro atoms. The van der Waals surface area contributed by atoms with Crippen molar-refractivity contribution >= 4 is 23.2 Å². The Morgan fingerprint density at radius 2 is 2.33 bits per heavy atom. The first-order valence-corrected chi connectivity index (χ1v) is 6.93. The van der Waals surface area contributed by atoms with Crippen molar-refractivity contribution in [2.45, 2.75) is 33.2 Å². The summed E-state index contributed by atoms with van der Waals surface area (Å²) in [4.78, 5) is 25.9. The number of thiophene rings is 1. The van der Waals surface area contributed by atoms with Crippen molar-refractivity contribution in [3.63, 3.8) is 0 Å². The van der Waals surface area contributed by atoms with Crippen LogP contribution in [0.1, 0.15) is 39.9 Å². The first-order valence-electron chi connectivity index (χ1n) is 6.11. The number of carbonyl (C=O) groups is 2. The Bertz CT molecular complexity index is 481. The van der Waals surface area contributed by atoms with Crippen LogP contribution in [0.15, 0.2) is 6.07 Å². The van der Waals surface area contributed by atoms with Crippen LogP contribution < -0.4 is 0 Å². The third kappa shape index (κ3) is 2.56. The third-order valence-corrected chi connectivity index (χ3v) is 4.55. The van der Waals surface area contributed by atoms with Gasteiger partial charge in [-0.1, -0.05) is 13.3 Å². The fourth-order valence-corrected chi connectivity index (χ4v) is 3.14. The summed E-state index contributed by atoms with van der Waals surface area (Å²) in [5.74, 6) is -0.256. The van der Waals surface area contributed by atoms with Gasteiger partial charge >= 0.3 is 5.97 Å². The minimum atomic E-state index is -0.895.